The third kappa shape index (κ3) is 1.13. The van der Waals surface area contributed by atoms with E-state index >= 15 is 0 Å². The van der Waals surface area contributed by atoms with Crippen LogP contribution in [-0.2, 0) is 0 Å². The fraction of sp³-hybridized carbons (Fsp3) is 0.455. The topological polar surface area (TPSA) is 0 Å². The standard InChI is InChI=1S/C11H6Cl6/c12-7-8(13)10(15)6-4-2-1-3-5(6)9(7,14)11(10,16)17/h1-6H/t5-,6+,9-,10+. The van der Waals surface area contributed by atoms with Gasteiger partial charge in [0.05, 0.1) is 10.1 Å². The van der Waals surface area contributed by atoms with E-state index in [9.17, 15) is 0 Å². The Morgan fingerprint density at radius 2 is 1.12 bits per heavy atom. The maximum Gasteiger partial charge on any atom is 0.167 e. The molecule has 2 bridgehead atoms. The number of hydrogen-bond acceptors (Lipinski definition) is 0. The van der Waals surface area contributed by atoms with Gasteiger partial charge in [-0.1, -0.05) is 70.7 Å². The summed E-state index contributed by atoms with van der Waals surface area (Å²) in [5, 5.41) is 0.504. The minimum absolute atomic E-state index is 0.156. The molecule has 4 atom stereocenters. The second kappa shape index (κ2) is 3.53. The van der Waals surface area contributed by atoms with Crippen molar-refractivity contribution in [2.24, 2.45) is 11.8 Å². The van der Waals surface area contributed by atoms with Crippen LogP contribution in [0.1, 0.15) is 0 Å². The lowest BCUT2D eigenvalue weighted by Gasteiger charge is -2.34. The van der Waals surface area contributed by atoms with Crippen LogP contribution in [-0.4, -0.2) is 14.1 Å². The van der Waals surface area contributed by atoms with Gasteiger partial charge in [0.2, 0.25) is 0 Å². The molecule has 0 heterocycles. The molecule has 3 rings (SSSR count). The average molecular weight is 351 g/mol. The fourth-order valence-electron chi connectivity index (χ4n) is 2.94. The zero-order valence-electron chi connectivity index (χ0n) is 8.23. The Morgan fingerprint density at radius 3 is 1.47 bits per heavy atom. The smallest absolute Gasteiger partial charge is 0.109 e. The number of fused-ring (bicyclic) bond motifs is 5. The van der Waals surface area contributed by atoms with Gasteiger partial charge < -0.3 is 0 Å². The molecule has 1 fully saturated rings. The lowest BCUT2D eigenvalue weighted by Crippen LogP contribution is -2.44. The molecule has 0 saturated heterocycles. The highest BCUT2D eigenvalue weighted by Gasteiger charge is 2.81. The summed E-state index contributed by atoms with van der Waals surface area (Å²) < 4.78 is -1.44. The van der Waals surface area contributed by atoms with E-state index in [1.165, 1.54) is 0 Å². The molecule has 0 N–H and O–H groups in total. The number of alkyl halides is 4. The van der Waals surface area contributed by atoms with E-state index in [4.69, 9.17) is 69.6 Å². The van der Waals surface area contributed by atoms with Gasteiger partial charge in [-0.2, -0.15) is 0 Å². The fourth-order valence-corrected chi connectivity index (χ4v) is 5.90. The Morgan fingerprint density at radius 1 is 0.765 bits per heavy atom. The van der Waals surface area contributed by atoms with E-state index < -0.39 is 14.1 Å². The maximum atomic E-state index is 6.59. The molecule has 0 aromatic carbocycles. The molecule has 0 aromatic rings. The van der Waals surface area contributed by atoms with Crippen molar-refractivity contribution >= 4 is 69.6 Å². The van der Waals surface area contributed by atoms with Gasteiger partial charge in [-0.15, -0.1) is 23.2 Å². The van der Waals surface area contributed by atoms with Crippen LogP contribution in [0.5, 0.6) is 0 Å². The maximum absolute atomic E-state index is 6.59. The summed E-state index contributed by atoms with van der Waals surface area (Å²) in [6.07, 6.45) is 7.61. The first-order valence-electron chi connectivity index (χ1n) is 4.96. The molecular formula is C11H6Cl6. The van der Waals surface area contributed by atoms with Gasteiger partial charge in [0.25, 0.3) is 0 Å². The Balaban J connectivity index is 2.34. The molecule has 0 aliphatic heterocycles. The monoisotopic (exact) mass is 348 g/mol. The second-order valence-corrected chi connectivity index (χ2v) is 7.72. The summed E-state index contributed by atoms with van der Waals surface area (Å²) in [4.78, 5) is -2.33. The van der Waals surface area contributed by atoms with Crippen molar-refractivity contribution in [3.63, 3.8) is 0 Å². The molecule has 3 aliphatic carbocycles. The predicted molar refractivity (Wildman–Crippen MR) is 75.6 cm³/mol. The Kier molecular flexibility index (Phi) is 2.70. The number of halogens is 6. The first-order chi connectivity index (χ1) is 7.79. The molecule has 6 heteroatoms. The molecule has 3 aliphatic rings. The van der Waals surface area contributed by atoms with Crippen LogP contribution in [0.4, 0.5) is 0 Å². The molecule has 0 unspecified atom stereocenters. The SMILES string of the molecule is ClC1=C(Cl)[C@]2(Cl)[C@@H]3C=CC=C[C@@H]3[C@@]1(Cl)C2(Cl)Cl. The molecule has 17 heavy (non-hydrogen) atoms. The summed E-state index contributed by atoms with van der Waals surface area (Å²) in [7, 11) is 0. The lowest BCUT2D eigenvalue weighted by atomic mass is 9.79. The second-order valence-electron chi connectivity index (χ2n) is 4.45. The van der Waals surface area contributed by atoms with Gasteiger partial charge in [0.15, 0.2) is 4.33 Å². The molecule has 0 radical (unpaired) electrons. The van der Waals surface area contributed by atoms with Crippen molar-refractivity contribution < 1.29 is 0 Å². The van der Waals surface area contributed by atoms with Crippen molar-refractivity contribution in [1.82, 2.24) is 0 Å². The molecular weight excluding hydrogens is 345 g/mol. The average Bonchev–Trinajstić information content (AvgIpc) is 2.51. The largest absolute Gasteiger partial charge is 0.167 e. The number of hydrogen-bond donors (Lipinski definition) is 0. The lowest BCUT2D eigenvalue weighted by molar-refractivity contribution is 0.462. The van der Waals surface area contributed by atoms with Gasteiger partial charge in [-0.25, -0.2) is 0 Å². The van der Waals surface area contributed by atoms with Gasteiger partial charge in [0.1, 0.15) is 9.75 Å². The van der Waals surface area contributed by atoms with Gasteiger partial charge >= 0.3 is 0 Å². The van der Waals surface area contributed by atoms with E-state index in [0.29, 0.717) is 0 Å². The quantitative estimate of drug-likeness (QED) is 0.527. The molecule has 1 saturated carbocycles. The Labute approximate surface area is 129 Å². The van der Waals surface area contributed by atoms with Crippen molar-refractivity contribution in [1.29, 1.82) is 0 Å². The summed E-state index contributed by atoms with van der Waals surface area (Å²) >= 11 is 38.4. The van der Waals surface area contributed by atoms with E-state index in [0.717, 1.165) is 0 Å². The van der Waals surface area contributed by atoms with E-state index in [2.05, 4.69) is 0 Å². The first-order valence-corrected chi connectivity index (χ1v) is 7.23. The van der Waals surface area contributed by atoms with E-state index in [1.54, 1.807) is 0 Å². The molecule has 92 valence electrons. The van der Waals surface area contributed by atoms with Crippen molar-refractivity contribution in [2.75, 3.05) is 0 Å². The highest BCUT2D eigenvalue weighted by Crippen LogP contribution is 2.76. The van der Waals surface area contributed by atoms with Crippen molar-refractivity contribution in [2.45, 2.75) is 14.1 Å². The minimum atomic E-state index is -1.44. The summed E-state index contributed by atoms with van der Waals surface area (Å²) in [6.45, 7) is 0. The van der Waals surface area contributed by atoms with E-state index in [-0.39, 0.29) is 21.9 Å². The summed E-state index contributed by atoms with van der Waals surface area (Å²) in [6, 6.07) is 0. The van der Waals surface area contributed by atoms with Crippen molar-refractivity contribution in [3.05, 3.63) is 34.4 Å². The predicted octanol–water partition coefficient (Wildman–Crippen LogP) is 5.19. The van der Waals surface area contributed by atoms with Gasteiger partial charge in [-0.05, 0) is 0 Å². The number of rotatable bonds is 0. The van der Waals surface area contributed by atoms with Crippen molar-refractivity contribution in [3.8, 4) is 0 Å². The van der Waals surface area contributed by atoms with Crippen LogP contribution >= 0.6 is 69.6 Å². The van der Waals surface area contributed by atoms with Crippen LogP contribution in [0.2, 0.25) is 0 Å². The molecule has 0 aromatic heterocycles. The molecule has 0 nitrogen and oxygen atoms in total. The van der Waals surface area contributed by atoms with Crippen LogP contribution in [0.15, 0.2) is 34.4 Å². The molecule has 0 amide bonds. The zero-order valence-corrected chi connectivity index (χ0v) is 12.8. The zero-order chi connectivity index (χ0) is 12.6. The van der Waals surface area contributed by atoms with Crippen LogP contribution < -0.4 is 0 Å². The highest BCUT2D eigenvalue weighted by atomic mass is 35.5. The first kappa shape index (κ1) is 13.0. The summed E-state index contributed by atoms with van der Waals surface area (Å²) in [5.41, 5.74) is 0. The number of allylic oxidation sites excluding steroid dienone is 6. The normalized spacial score (nSPS) is 50.0. The third-order valence-corrected chi connectivity index (χ3v) is 8.09. The molecule has 0 spiro atoms. The minimum Gasteiger partial charge on any atom is -0.109 e. The highest BCUT2D eigenvalue weighted by molar-refractivity contribution is 6.65. The van der Waals surface area contributed by atoms with Crippen LogP contribution in [0.3, 0.4) is 0 Å². The Bertz CT molecular complexity index is 448. The third-order valence-electron chi connectivity index (χ3n) is 3.80. The van der Waals surface area contributed by atoms with Crippen LogP contribution in [0.25, 0.3) is 0 Å². The Hall–Kier alpha value is 0.960. The van der Waals surface area contributed by atoms with Gasteiger partial charge in [0, 0.05) is 11.8 Å². The summed E-state index contributed by atoms with van der Waals surface area (Å²) in [5.74, 6) is -0.312. The van der Waals surface area contributed by atoms with E-state index in [1.807, 2.05) is 24.3 Å². The van der Waals surface area contributed by atoms with Crippen LogP contribution in [0, 0.1) is 11.8 Å². The van der Waals surface area contributed by atoms with Gasteiger partial charge in [-0.3, -0.25) is 0 Å².